The van der Waals surface area contributed by atoms with Crippen molar-refractivity contribution in [1.29, 1.82) is 0 Å². The van der Waals surface area contributed by atoms with Gasteiger partial charge in [-0.2, -0.15) is 0 Å². The predicted molar refractivity (Wildman–Crippen MR) is 160 cm³/mol. The highest BCUT2D eigenvalue weighted by molar-refractivity contribution is 9.10. The summed E-state index contributed by atoms with van der Waals surface area (Å²) in [5, 5.41) is 14.6. The lowest BCUT2D eigenvalue weighted by Crippen LogP contribution is -2.54. The number of benzene rings is 4. The number of hydrogen-bond acceptors (Lipinski definition) is 6. The lowest BCUT2D eigenvalue weighted by molar-refractivity contribution is -0.384. The molecule has 4 unspecified atom stereocenters. The van der Waals surface area contributed by atoms with Crippen LogP contribution in [0.25, 0.3) is 6.08 Å². The third-order valence-corrected chi connectivity index (χ3v) is 9.12. The molecule has 4 aromatic rings. The summed E-state index contributed by atoms with van der Waals surface area (Å²) in [7, 11) is 0. The summed E-state index contributed by atoms with van der Waals surface area (Å²) in [5.74, 6) is -2.30. The van der Waals surface area contributed by atoms with Gasteiger partial charge in [0.1, 0.15) is 11.5 Å². The first kappa shape index (κ1) is 26.0. The molecule has 0 aliphatic carbocycles. The highest BCUT2D eigenvalue weighted by Crippen LogP contribution is 2.61. The highest BCUT2D eigenvalue weighted by Gasteiger charge is 2.71. The first-order chi connectivity index (χ1) is 20.3. The van der Waals surface area contributed by atoms with Gasteiger partial charge in [-0.05, 0) is 41.0 Å². The van der Waals surface area contributed by atoms with Crippen molar-refractivity contribution >= 4 is 50.9 Å². The van der Waals surface area contributed by atoms with E-state index >= 15 is 0 Å². The molecule has 9 heteroatoms. The van der Waals surface area contributed by atoms with E-state index < -0.39 is 40.0 Å². The van der Waals surface area contributed by atoms with E-state index in [1.54, 1.807) is 54.7 Å². The van der Waals surface area contributed by atoms with E-state index in [1.807, 2.05) is 35.2 Å². The van der Waals surface area contributed by atoms with Crippen LogP contribution in [0.5, 0.6) is 0 Å². The van der Waals surface area contributed by atoms with Crippen LogP contribution >= 0.6 is 15.9 Å². The number of carbonyl (C=O) groups excluding carboxylic acids is 3. The van der Waals surface area contributed by atoms with Gasteiger partial charge in [-0.3, -0.25) is 24.5 Å². The van der Waals surface area contributed by atoms with E-state index in [-0.39, 0.29) is 17.0 Å². The number of fused-ring (bicyclic) bond motifs is 5. The Morgan fingerprint density at radius 3 is 2.40 bits per heavy atom. The molecule has 0 aromatic heterocycles. The quantitative estimate of drug-likeness (QED) is 0.159. The van der Waals surface area contributed by atoms with Crippen molar-refractivity contribution in [2.24, 2.45) is 5.92 Å². The molecule has 4 aromatic carbocycles. The van der Waals surface area contributed by atoms with Crippen molar-refractivity contribution in [1.82, 2.24) is 4.90 Å². The Labute approximate surface area is 248 Å². The molecule has 0 saturated carbocycles. The van der Waals surface area contributed by atoms with Gasteiger partial charge >= 0.3 is 0 Å². The van der Waals surface area contributed by atoms with Crippen LogP contribution in [0, 0.1) is 16.0 Å². The Morgan fingerprint density at radius 1 is 0.881 bits per heavy atom. The number of halogens is 1. The van der Waals surface area contributed by atoms with E-state index in [2.05, 4.69) is 21.2 Å². The first-order valence-electron chi connectivity index (χ1n) is 13.4. The number of non-ortho nitro benzene ring substituents is 1. The van der Waals surface area contributed by atoms with E-state index in [4.69, 9.17) is 0 Å². The van der Waals surface area contributed by atoms with Crippen molar-refractivity contribution in [3.63, 3.8) is 0 Å². The number of nitro benzene ring substituents is 1. The molecule has 1 spiro atoms. The molecular formula is C33H22BrN3O5. The highest BCUT2D eigenvalue weighted by atomic mass is 79.9. The smallest absolute Gasteiger partial charge is 0.270 e. The molecule has 1 amide bonds. The maximum absolute atomic E-state index is 14.8. The van der Waals surface area contributed by atoms with E-state index in [1.165, 1.54) is 24.3 Å². The van der Waals surface area contributed by atoms with Gasteiger partial charge in [0.05, 0.1) is 16.9 Å². The summed E-state index contributed by atoms with van der Waals surface area (Å²) in [4.78, 5) is 56.8. The summed E-state index contributed by atoms with van der Waals surface area (Å²) < 4.78 is 0.799. The van der Waals surface area contributed by atoms with Crippen LogP contribution in [-0.2, 0) is 10.2 Å². The van der Waals surface area contributed by atoms with Crippen LogP contribution in [0.2, 0.25) is 0 Å². The molecule has 3 aliphatic rings. The Bertz CT molecular complexity index is 1850. The van der Waals surface area contributed by atoms with Crippen molar-refractivity contribution < 1.29 is 19.3 Å². The third kappa shape index (κ3) is 3.63. The van der Waals surface area contributed by atoms with Gasteiger partial charge in [-0.1, -0.05) is 82.7 Å². The number of amides is 1. The molecule has 0 radical (unpaired) electrons. The normalized spacial score (nSPS) is 23.2. The number of carbonyl (C=O) groups is 3. The number of ketones is 2. The molecule has 4 atom stereocenters. The second-order valence-corrected chi connectivity index (χ2v) is 11.5. The van der Waals surface area contributed by atoms with E-state index in [0.717, 1.165) is 15.6 Å². The standard InChI is InChI=1S/C33H22BrN3O5/c34-22-14-12-20(13-15-22)30(39)31-33(25-10-3-4-11-26(25)35-32(33)40)27(29(38)21-7-5-8-23(18-21)37(41)42)28-24-9-2-1-6-19(24)16-17-36(28)31/h1-18,27-28,31H,(H,35,40). The van der Waals surface area contributed by atoms with Gasteiger partial charge in [0.25, 0.3) is 5.69 Å². The minimum absolute atomic E-state index is 0.106. The van der Waals surface area contributed by atoms with Crippen LogP contribution in [0.15, 0.2) is 108 Å². The first-order valence-corrected chi connectivity index (χ1v) is 14.2. The number of rotatable bonds is 5. The topological polar surface area (TPSA) is 110 Å². The summed E-state index contributed by atoms with van der Waals surface area (Å²) in [6, 6.07) is 25.4. The fraction of sp³-hybridized carbons (Fsp3) is 0.121. The number of nitrogens with one attached hydrogen (secondary N) is 1. The minimum atomic E-state index is -1.63. The molecule has 206 valence electrons. The monoisotopic (exact) mass is 619 g/mol. The SMILES string of the molecule is O=C(c1cccc([N+](=O)[O-])c1)C1C2c3ccccc3C=CN2C(C(=O)c2ccc(Br)cc2)C12C(=O)Nc1ccccc12. The average molecular weight is 620 g/mol. The molecule has 42 heavy (non-hydrogen) atoms. The van der Waals surface area contributed by atoms with E-state index in [0.29, 0.717) is 16.8 Å². The maximum atomic E-state index is 14.8. The van der Waals surface area contributed by atoms with Crippen LogP contribution in [0.4, 0.5) is 11.4 Å². The van der Waals surface area contributed by atoms with Gasteiger partial charge in [-0.15, -0.1) is 0 Å². The molecular weight excluding hydrogens is 598 g/mol. The number of Topliss-reactive ketones (excluding diaryl/α,β-unsaturated/α-hetero) is 2. The molecule has 3 heterocycles. The van der Waals surface area contributed by atoms with Gasteiger partial charge < -0.3 is 10.2 Å². The Kier molecular flexibility index (Phi) is 5.95. The second kappa shape index (κ2) is 9.60. The molecule has 1 saturated heterocycles. The molecule has 1 fully saturated rings. The molecule has 3 aliphatic heterocycles. The zero-order valence-corrected chi connectivity index (χ0v) is 23.5. The Balaban J connectivity index is 1.53. The van der Waals surface area contributed by atoms with Crippen molar-refractivity contribution in [2.45, 2.75) is 17.5 Å². The molecule has 0 bridgehead atoms. The van der Waals surface area contributed by atoms with Gasteiger partial charge in [0.15, 0.2) is 11.6 Å². The third-order valence-electron chi connectivity index (χ3n) is 8.60. The fourth-order valence-electron chi connectivity index (χ4n) is 6.90. The van der Waals surface area contributed by atoms with Crippen LogP contribution in [0.3, 0.4) is 0 Å². The zero-order valence-electron chi connectivity index (χ0n) is 21.9. The zero-order chi connectivity index (χ0) is 29.2. The summed E-state index contributed by atoms with van der Waals surface area (Å²) in [5.41, 5.74) is 1.39. The second-order valence-electron chi connectivity index (χ2n) is 10.6. The van der Waals surface area contributed by atoms with Gasteiger partial charge in [0, 0.05) is 39.6 Å². The summed E-state index contributed by atoms with van der Waals surface area (Å²) >= 11 is 3.42. The van der Waals surface area contributed by atoms with Gasteiger partial charge in [-0.25, -0.2) is 0 Å². The van der Waals surface area contributed by atoms with Gasteiger partial charge in [0.2, 0.25) is 5.91 Å². The number of nitrogens with zero attached hydrogens (tertiary/aromatic N) is 2. The molecule has 1 N–H and O–H groups in total. The summed E-state index contributed by atoms with van der Waals surface area (Å²) in [6.45, 7) is 0. The fourth-order valence-corrected chi connectivity index (χ4v) is 7.17. The number of hydrogen-bond donors (Lipinski definition) is 1. The summed E-state index contributed by atoms with van der Waals surface area (Å²) in [6.07, 6.45) is 3.69. The van der Waals surface area contributed by atoms with Crippen LogP contribution < -0.4 is 5.32 Å². The number of para-hydroxylation sites is 1. The van der Waals surface area contributed by atoms with E-state index in [9.17, 15) is 24.5 Å². The van der Waals surface area contributed by atoms with Crippen molar-refractivity contribution in [3.05, 3.63) is 146 Å². The van der Waals surface area contributed by atoms with Crippen molar-refractivity contribution in [3.8, 4) is 0 Å². The lowest BCUT2D eigenvalue weighted by Gasteiger charge is -2.35. The van der Waals surface area contributed by atoms with Crippen LogP contribution in [0.1, 0.15) is 43.4 Å². The molecule has 7 rings (SSSR count). The number of nitro groups is 1. The van der Waals surface area contributed by atoms with Crippen LogP contribution in [-0.4, -0.2) is 33.3 Å². The predicted octanol–water partition coefficient (Wildman–Crippen LogP) is 6.34. The minimum Gasteiger partial charge on any atom is -0.358 e. The van der Waals surface area contributed by atoms with Crippen molar-refractivity contribution in [2.75, 3.05) is 5.32 Å². The lowest BCUT2D eigenvalue weighted by atomic mass is 9.63. The molecule has 8 nitrogen and oxygen atoms in total. The Morgan fingerprint density at radius 2 is 1.62 bits per heavy atom. The largest absolute Gasteiger partial charge is 0.358 e. The average Bonchev–Trinajstić information content (AvgIpc) is 3.48. The number of anilines is 1. The maximum Gasteiger partial charge on any atom is 0.270 e. The Hall–Kier alpha value is -4.89.